The molecule has 2 aromatic heterocycles. The highest BCUT2D eigenvalue weighted by molar-refractivity contribution is 6.05. The van der Waals surface area contributed by atoms with E-state index >= 15 is 0 Å². The monoisotopic (exact) mass is 433 g/mol. The Bertz CT molecular complexity index is 1260. The molecule has 0 aliphatic heterocycles. The van der Waals surface area contributed by atoms with Crippen LogP contribution in [0.3, 0.4) is 0 Å². The van der Waals surface area contributed by atoms with Gasteiger partial charge in [0.25, 0.3) is 5.91 Å². The van der Waals surface area contributed by atoms with E-state index in [1.807, 2.05) is 6.07 Å². The molecule has 0 saturated heterocycles. The molecular weight excluding hydrogens is 413 g/mol. The van der Waals surface area contributed by atoms with Crippen molar-refractivity contribution in [3.8, 4) is 11.5 Å². The van der Waals surface area contributed by atoms with Crippen molar-refractivity contribution in [3.63, 3.8) is 0 Å². The number of methoxy groups -OCH3 is 1. The van der Waals surface area contributed by atoms with Gasteiger partial charge in [-0.15, -0.1) is 0 Å². The van der Waals surface area contributed by atoms with E-state index in [4.69, 9.17) is 15.2 Å². The third kappa shape index (κ3) is 4.72. The van der Waals surface area contributed by atoms with Crippen LogP contribution in [0.5, 0.6) is 11.5 Å². The smallest absolute Gasteiger partial charge is 0.271 e. The van der Waals surface area contributed by atoms with Crippen molar-refractivity contribution in [1.29, 1.82) is 0 Å². The minimum absolute atomic E-state index is 0.0229. The summed E-state index contributed by atoms with van der Waals surface area (Å²) in [5.74, 6) is 0.277. The van der Waals surface area contributed by atoms with E-state index in [0.29, 0.717) is 33.8 Å². The number of para-hydroxylation sites is 1. The Labute approximate surface area is 183 Å². The third-order valence-corrected chi connectivity index (χ3v) is 4.64. The van der Waals surface area contributed by atoms with Gasteiger partial charge in [-0.25, -0.2) is 14.4 Å². The maximum Gasteiger partial charge on any atom is 0.271 e. The lowest BCUT2D eigenvalue weighted by Gasteiger charge is -2.10. The third-order valence-electron chi connectivity index (χ3n) is 4.64. The van der Waals surface area contributed by atoms with E-state index < -0.39 is 5.91 Å². The van der Waals surface area contributed by atoms with Crippen LogP contribution in [0, 0.1) is 5.82 Å². The van der Waals surface area contributed by atoms with E-state index in [-0.39, 0.29) is 30.6 Å². The van der Waals surface area contributed by atoms with Crippen molar-refractivity contribution in [1.82, 2.24) is 20.3 Å². The number of fused-ring (bicyclic) bond motifs is 1. The predicted octanol–water partition coefficient (Wildman–Crippen LogP) is 3.26. The summed E-state index contributed by atoms with van der Waals surface area (Å²) in [4.78, 5) is 25.6. The summed E-state index contributed by atoms with van der Waals surface area (Å²) in [7, 11) is 1.52. The highest BCUT2D eigenvalue weighted by atomic mass is 19.1. The fourth-order valence-electron chi connectivity index (χ4n) is 3.13. The first-order chi connectivity index (χ1) is 15.5. The number of carbonyl (C=O) groups excluding carboxylic acids is 1. The first kappa shape index (κ1) is 21.0. The molecule has 0 radical (unpaired) electrons. The molecular formula is C23H20FN5O3. The summed E-state index contributed by atoms with van der Waals surface area (Å²) < 4.78 is 23.9. The fourth-order valence-corrected chi connectivity index (χ4v) is 3.13. The molecule has 32 heavy (non-hydrogen) atoms. The van der Waals surface area contributed by atoms with Crippen molar-refractivity contribution in [2.24, 2.45) is 0 Å². The number of hydrogen-bond donors (Lipinski definition) is 2. The average Bonchev–Trinajstić information content (AvgIpc) is 2.81. The van der Waals surface area contributed by atoms with Crippen LogP contribution in [0.4, 0.5) is 10.3 Å². The molecule has 0 saturated carbocycles. The largest absolute Gasteiger partial charge is 0.494 e. The van der Waals surface area contributed by atoms with E-state index in [1.165, 1.54) is 19.2 Å². The molecule has 0 aliphatic carbocycles. The number of pyridine rings is 1. The van der Waals surface area contributed by atoms with Gasteiger partial charge in [0.1, 0.15) is 35.1 Å². The molecule has 0 atom stereocenters. The van der Waals surface area contributed by atoms with Crippen LogP contribution in [-0.4, -0.2) is 28.0 Å². The molecule has 4 aromatic rings. The molecule has 9 heteroatoms. The summed E-state index contributed by atoms with van der Waals surface area (Å²) in [6.07, 6.45) is 0. The quantitative estimate of drug-likeness (QED) is 0.460. The second-order valence-electron chi connectivity index (χ2n) is 6.83. The number of nitrogens with two attached hydrogens (primary N) is 1. The van der Waals surface area contributed by atoms with Gasteiger partial charge in [-0.2, -0.15) is 0 Å². The Kier molecular flexibility index (Phi) is 6.07. The molecule has 2 aromatic carbocycles. The summed E-state index contributed by atoms with van der Waals surface area (Å²) in [5, 5.41) is 3.34. The van der Waals surface area contributed by atoms with E-state index in [1.54, 1.807) is 42.5 Å². The topological polar surface area (TPSA) is 112 Å². The first-order valence-corrected chi connectivity index (χ1v) is 9.75. The zero-order valence-corrected chi connectivity index (χ0v) is 17.2. The van der Waals surface area contributed by atoms with Gasteiger partial charge in [-0.3, -0.25) is 9.78 Å². The first-order valence-electron chi connectivity index (χ1n) is 9.75. The molecule has 8 nitrogen and oxygen atoms in total. The van der Waals surface area contributed by atoms with Crippen LogP contribution in [-0.2, 0) is 13.2 Å². The average molecular weight is 433 g/mol. The fraction of sp³-hybridized carbons (Fsp3) is 0.130. The number of nitrogens with one attached hydrogen (secondary N) is 1. The lowest BCUT2D eigenvalue weighted by Crippen LogP contribution is -2.25. The molecule has 1 amide bonds. The molecule has 0 spiro atoms. The number of rotatable bonds is 7. The SMILES string of the molecule is COc1cccc2c(C(=O)NCc3cccc(COc4ccc(F)cc4)n3)nc(N)nc12. The maximum absolute atomic E-state index is 13.0. The molecule has 2 heterocycles. The number of amides is 1. The van der Waals surface area contributed by atoms with Gasteiger partial charge in [0.15, 0.2) is 0 Å². The standard InChI is InChI=1S/C23H20FN5O3/c1-31-19-7-3-6-18-20(19)28-23(25)29-21(18)22(30)26-12-15-4-2-5-16(27-15)13-32-17-10-8-14(24)9-11-17/h2-11H,12-13H2,1H3,(H,26,30)(H2,25,28,29). The van der Waals surface area contributed by atoms with Crippen LogP contribution in [0.25, 0.3) is 10.9 Å². The summed E-state index contributed by atoms with van der Waals surface area (Å²) in [5.41, 5.74) is 7.73. The van der Waals surface area contributed by atoms with Crippen LogP contribution in [0.15, 0.2) is 60.7 Å². The zero-order valence-electron chi connectivity index (χ0n) is 17.2. The maximum atomic E-state index is 13.0. The van der Waals surface area contributed by atoms with Crippen molar-refractivity contribution >= 4 is 22.8 Å². The number of aromatic nitrogens is 3. The Morgan fingerprint density at radius 1 is 1.00 bits per heavy atom. The molecule has 0 bridgehead atoms. The lowest BCUT2D eigenvalue weighted by atomic mass is 10.1. The second kappa shape index (κ2) is 9.25. The van der Waals surface area contributed by atoms with Gasteiger partial charge in [-0.1, -0.05) is 18.2 Å². The highest BCUT2D eigenvalue weighted by Gasteiger charge is 2.16. The number of nitrogen functional groups attached to an aromatic ring is 1. The zero-order chi connectivity index (χ0) is 22.5. The number of hydrogen-bond acceptors (Lipinski definition) is 7. The molecule has 4 rings (SSSR count). The van der Waals surface area contributed by atoms with Crippen LogP contribution < -0.4 is 20.5 Å². The number of nitrogens with zero attached hydrogens (tertiary/aromatic N) is 3. The minimum Gasteiger partial charge on any atom is -0.494 e. The number of benzene rings is 2. The number of halogens is 1. The van der Waals surface area contributed by atoms with Gasteiger partial charge in [0, 0.05) is 5.39 Å². The minimum atomic E-state index is -0.410. The van der Waals surface area contributed by atoms with Crippen molar-refractivity contribution in [2.45, 2.75) is 13.2 Å². The highest BCUT2D eigenvalue weighted by Crippen LogP contribution is 2.26. The number of anilines is 1. The van der Waals surface area contributed by atoms with E-state index in [0.717, 1.165) is 0 Å². The van der Waals surface area contributed by atoms with Crippen molar-refractivity contribution in [3.05, 3.63) is 83.6 Å². The van der Waals surface area contributed by atoms with Gasteiger partial charge in [0.05, 0.1) is 25.0 Å². The van der Waals surface area contributed by atoms with Gasteiger partial charge < -0.3 is 20.5 Å². The van der Waals surface area contributed by atoms with Gasteiger partial charge in [0.2, 0.25) is 5.95 Å². The van der Waals surface area contributed by atoms with Crippen LogP contribution in [0.2, 0.25) is 0 Å². The van der Waals surface area contributed by atoms with E-state index in [9.17, 15) is 9.18 Å². The second-order valence-corrected chi connectivity index (χ2v) is 6.83. The molecule has 0 unspecified atom stereocenters. The van der Waals surface area contributed by atoms with Gasteiger partial charge in [-0.05, 0) is 42.5 Å². The predicted molar refractivity (Wildman–Crippen MR) is 117 cm³/mol. The van der Waals surface area contributed by atoms with Gasteiger partial charge >= 0.3 is 0 Å². The summed E-state index contributed by atoms with van der Waals surface area (Å²) in [6.45, 7) is 0.388. The molecule has 0 fully saturated rings. The van der Waals surface area contributed by atoms with Crippen molar-refractivity contribution < 1.29 is 18.7 Å². The molecule has 3 N–H and O–H groups in total. The Morgan fingerprint density at radius 2 is 1.75 bits per heavy atom. The normalized spacial score (nSPS) is 10.7. The van der Waals surface area contributed by atoms with Crippen molar-refractivity contribution in [2.75, 3.05) is 12.8 Å². The summed E-state index contributed by atoms with van der Waals surface area (Å²) >= 11 is 0. The lowest BCUT2D eigenvalue weighted by molar-refractivity contribution is 0.0947. The van der Waals surface area contributed by atoms with Crippen LogP contribution in [0.1, 0.15) is 21.9 Å². The Hall–Kier alpha value is -4.27. The van der Waals surface area contributed by atoms with Crippen LogP contribution >= 0.6 is 0 Å². The Morgan fingerprint density at radius 3 is 2.53 bits per heavy atom. The molecule has 0 aliphatic rings. The molecule has 162 valence electrons. The number of ether oxygens (including phenoxy) is 2. The summed E-state index contributed by atoms with van der Waals surface area (Å²) in [6, 6.07) is 16.4. The van der Waals surface area contributed by atoms with E-state index in [2.05, 4.69) is 20.3 Å². The number of carbonyl (C=O) groups is 1. The Balaban J connectivity index is 1.45.